The molecule has 0 aromatic heterocycles. The Bertz CT molecular complexity index is 132. The summed E-state index contributed by atoms with van der Waals surface area (Å²) in [7, 11) is 0. The van der Waals surface area contributed by atoms with Gasteiger partial charge in [-0.2, -0.15) is 13.2 Å². The van der Waals surface area contributed by atoms with E-state index in [1.807, 2.05) is 0 Å². The molecule has 1 aliphatic rings. The molecule has 60 valence electrons. The highest BCUT2D eigenvalue weighted by molar-refractivity contribution is 5.02. The second kappa shape index (κ2) is 1.84. The molecule has 0 aromatic rings. The van der Waals surface area contributed by atoms with E-state index >= 15 is 0 Å². The number of aliphatic hydroxyl groups is 1. The highest BCUT2D eigenvalue weighted by Crippen LogP contribution is 2.46. The van der Waals surface area contributed by atoms with Crippen LogP contribution in [0.15, 0.2) is 0 Å². The zero-order valence-electron chi connectivity index (χ0n) is 4.95. The van der Waals surface area contributed by atoms with Gasteiger partial charge in [0, 0.05) is 0 Å². The van der Waals surface area contributed by atoms with E-state index in [1.165, 1.54) is 0 Å². The maximum Gasteiger partial charge on any atom is 0.422 e. The third kappa shape index (κ3) is 1.23. The first-order valence-corrected chi connectivity index (χ1v) is 2.79. The minimum absolute atomic E-state index is 0.0896. The fourth-order valence-electron chi connectivity index (χ4n) is 0.686. The summed E-state index contributed by atoms with van der Waals surface area (Å²) in [5, 5.41) is 8.64. The summed E-state index contributed by atoms with van der Waals surface area (Å²) in [6.07, 6.45) is -8.16. The fraction of sp³-hybridized carbons (Fsp3) is 1.00. The molecule has 0 spiro atoms. The van der Waals surface area contributed by atoms with Crippen LogP contribution in [-0.2, 0) is 0 Å². The topological polar surface area (TPSA) is 20.2 Å². The second-order valence-electron chi connectivity index (χ2n) is 2.51. The van der Waals surface area contributed by atoms with Crippen LogP contribution >= 0.6 is 0 Å². The third-order valence-electron chi connectivity index (χ3n) is 1.52. The van der Waals surface area contributed by atoms with Crippen molar-refractivity contribution in [2.45, 2.75) is 30.8 Å². The molecule has 0 amide bonds. The first-order valence-electron chi connectivity index (χ1n) is 2.79. The summed E-state index contributed by atoms with van der Waals surface area (Å²) in [6, 6.07) is 0. The van der Waals surface area contributed by atoms with Crippen LogP contribution in [0.5, 0.6) is 0 Å². The fourth-order valence-corrected chi connectivity index (χ4v) is 0.686. The minimum Gasteiger partial charge on any atom is -0.386 e. The van der Waals surface area contributed by atoms with Gasteiger partial charge in [0.2, 0.25) is 6.17 Å². The summed E-state index contributed by atoms with van der Waals surface area (Å²) in [6.45, 7) is 0. The Balaban J connectivity index is 2.57. The molecule has 1 unspecified atom stereocenters. The molecule has 5 heteroatoms. The Morgan fingerprint density at radius 1 is 1.30 bits per heavy atom. The Hall–Kier alpha value is -0.320. The van der Waals surface area contributed by atoms with Gasteiger partial charge in [-0.05, 0) is 12.8 Å². The molecule has 1 saturated carbocycles. The lowest BCUT2D eigenvalue weighted by Crippen LogP contribution is -2.37. The highest BCUT2D eigenvalue weighted by Gasteiger charge is 2.60. The predicted octanol–water partition coefficient (Wildman–Crippen LogP) is 1.41. The standard InChI is InChI=1S/C5H6F4O/c6-3(5(7,8)9)4(10)1-2-4/h3,10H,1-2H2. The van der Waals surface area contributed by atoms with Crippen molar-refractivity contribution in [3.63, 3.8) is 0 Å². The molecule has 0 aliphatic heterocycles. The van der Waals surface area contributed by atoms with Crippen LogP contribution in [0.3, 0.4) is 0 Å². The summed E-state index contributed by atoms with van der Waals surface area (Å²) >= 11 is 0. The molecule has 0 radical (unpaired) electrons. The van der Waals surface area contributed by atoms with Crippen LogP contribution in [-0.4, -0.2) is 23.1 Å². The number of hydrogen-bond donors (Lipinski definition) is 1. The van der Waals surface area contributed by atoms with Gasteiger partial charge in [0.1, 0.15) is 5.60 Å². The van der Waals surface area contributed by atoms with E-state index in [0.717, 1.165) is 0 Å². The lowest BCUT2D eigenvalue weighted by Gasteiger charge is -2.16. The molecular formula is C5H6F4O. The van der Waals surface area contributed by atoms with Crippen molar-refractivity contribution in [1.82, 2.24) is 0 Å². The number of halogens is 4. The van der Waals surface area contributed by atoms with E-state index in [1.54, 1.807) is 0 Å². The molecule has 1 atom stereocenters. The average molecular weight is 158 g/mol. The smallest absolute Gasteiger partial charge is 0.386 e. The monoisotopic (exact) mass is 158 g/mol. The van der Waals surface area contributed by atoms with Gasteiger partial charge in [0.15, 0.2) is 0 Å². The minimum atomic E-state index is -4.91. The van der Waals surface area contributed by atoms with Crippen LogP contribution in [0.2, 0.25) is 0 Å². The maximum atomic E-state index is 12.1. The van der Waals surface area contributed by atoms with E-state index in [9.17, 15) is 17.6 Å². The van der Waals surface area contributed by atoms with Crippen LogP contribution in [0, 0.1) is 0 Å². The zero-order chi connectivity index (χ0) is 7.99. The summed E-state index contributed by atoms with van der Waals surface area (Å²) in [5.41, 5.74) is -2.10. The molecule has 1 N–H and O–H groups in total. The quantitative estimate of drug-likeness (QED) is 0.572. The van der Waals surface area contributed by atoms with Crippen LogP contribution in [0.1, 0.15) is 12.8 Å². The molecule has 1 fully saturated rings. The van der Waals surface area contributed by atoms with Crippen molar-refractivity contribution < 1.29 is 22.7 Å². The SMILES string of the molecule is OC1(C(F)C(F)(F)F)CC1. The Kier molecular flexibility index (Phi) is 1.43. The summed E-state index contributed by atoms with van der Waals surface area (Å²) in [5.74, 6) is 0. The lowest BCUT2D eigenvalue weighted by molar-refractivity contribution is -0.210. The zero-order valence-corrected chi connectivity index (χ0v) is 4.95. The van der Waals surface area contributed by atoms with Gasteiger partial charge in [-0.15, -0.1) is 0 Å². The van der Waals surface area contributed by atoms with E-state index < -0.39 is 17.9 Å². The molecule has 0 bridgehead atoms. The van der Waals surface area contributed by atoms with Crippen molar-refractivity contribution >= 4 is 0 Å². The predicted molar refractivity (Wildman–Crippen MR) is 25.1 cm³/mol. The Labute approximate surface area is 54.6 Å². The van der Waals surface area contributed by atoms with Gasteiger partial charge in [-0.3, -0.25) is 0 Å². The van der Waals surface area contributed by atoms with E-state index in [2.05, 4.69) is 0 Å². The normalized spacial score (nSPS) is 26.1. The number of alkyl halides is 4. The molecule has 10 heavy (non-hydrogen) atoms. The van der Waals surface area contributed by atoms with Crippen molar-refractivity contribution in [2.24, 2.45) is 0 Å². The van der Waals surface area contributed by atoms with Crippen molar-refractivity contribution in [3.05, 3.63) is 0 Å². The van der Waals surface area contributed by atoms with Gasteiger partial charge in [-0.1, -0.05) is 0 Å². The second-order valence-corrected chi connectivity index (χ2v) is 2.51. The average Bonchev–Trinajstić information content (AvgIpc) is 2.45. The first-order chi connectivity index (χ1) is 4.36. The molecular weight excluding hydrogens is 152 g/mol. The van der Waals surface area contributed by atoms with Crippen molar-refractivity contribution in [3.8, 4) is 0 Å². The molecule has 0 heterocycles. The van der Waals surface area contributed by atoms with Gasteiger partial charge in [0.25, 0.3) is 0 Å². The Morgan fingerprint density at radius 3 is 1.80 bits per heavy atom. The van der Waals surface area contributed by atoms with Crippen LogP contribution in [0.25, 0.3) is 0 Å². The highest BCUT2D eigenvalue weighted by atomic mass is 19.4. The molecule has 1 nitrogen and oxygen atoms in total. The van der Waals surface area contributed by atoms with Gasteiger partial charge >= 0.3 is 6.18 Å². The van der Waals surface area contributed by atoms with E-state index in [4.69, 9.17) is 5.11 Å². The molecule has 1 aliphatic carbocycles. The molecule has 0 saturated heterocycles. The molecule has 0 aromatic carbocycles. The summed E-state index contributed by atoms with van der Waals surface area (Å²) < 4.78 is 46.5. The van der Waals surface area contributed by atoms with Crippen LogP contribution < -0.4 is 0 Å². The van der Waals surface area contributed by atoms with E-state index in [-0.39, 0.29) is 12.8 Å². The number of hydrogen-bond acceptors (Lipinski definition) is 1. The van der Waals surface area contributed by atoms with Crippen molar-refractivity contribution in [1.29, 1.82) is 0 Å². The lowest BCUT2D eigenvalue weighted by atomic mass is 10.2. The van der Waals surface area contributed by atoms with Gasteiger partial charge in [-0.25, -0.2) is 4.39 Å². The largest absolute Gasteiger partial charge is 0.422 e. The first kappa shape index (κ1) is 7.78. The Morgan fingerprint density at radius 2 is 1.70 bits per heavy atom. The van der Waals surface area contributed by atoms with Gasteiger partial charge < -0.3 is 5.11 Å². The summed E-state index contributed by atoms with van der Waals surface area (Å²) in [4.78, 5) is 0. The number of rotatable bonds is 1. The molecule has 1 rings (SSSR count). The third-order valence-corrected chi connectivity index (χ3v) is 1.52. The van der Waals surface area contributed by atoms with E-state index in [0.29, 0.717) is 0 Å². The van der Waals surface area contributed by atoms with Gasteiger partial charge in [0.05, 0.1) is 0 Å². The van der Waals surface area contributed by atoms with Crippen LogP contribution in [0.4, 0.5) is 17.6 Å². The van der Waals surface area contributed by atoms with Crippen molar-refractivity contribution in [2.75, 3.05) is 0 Å². The maximum absolute atomic E-state index is 12.1.